The first kappa shape index (κ1) is 18.3. The normalized spacial score (nSPS) is 15.0. The van der Waals surface area contributed by atoms with Crippen LogP contribution in [0.2, 0.25) is 0 Å². The monoisotopic (exact) mass is 361 g/mol. The van der Waals surface area contributed by atoms with E-state index in [9.17, 15) is 18.0 Å². The SMILES string of the molecule is O=C(COc1cccc(C(F)(F)F)c1)NNC(=S)NC1CCCC1. The number of hydrogen-bond acceptors (Lipinski definition) is 3. The zero-order chi connectivity index (χ0) is 17.6. The van der Waals surface area contributed by atoms with Crippen molar-refractivity contribution in [2.75, 3.05) is 6.61 Å². The van der Waals surface area contributed by atoms with Crippen LogP contribution in [0.3, 0.4) is 0 Å². The molecule has 1 aromatic carbocycles. The highest BCUT2D eigenvalue weighted by Crippen LogP contribution is 2.31. The molecule has 132 valence electrons. The lowest BCUT2D eigenvalue weighted by Crippen LogP contribution is -2.50. The smallest absolute Gasteiger partial charge is 0.416 e. The number of carbonyl (C=O) groups excluding carboxylic acids is 1. The Morgan fingerprint density at radius 3 is 2.62 bits per heavy atom. The predicted octanol–water partition coefficient (Wildman–Crippen LogP) is 2.52. The standard InChI is InChI=1S/C15H18F3N3O2S/c16-15(17,18)10-4-3-7-12(8-10)23-9-13(22)20-21-14(24)19-11-5-1-2-6-11/h3-4,7-8,11H,1-2,5-6,9H2,(H,20,22)(H2,19,21,24). The van der Waals surface area contributed by atoms with Crippen molar-refractivity contribution in [3.8, 4) is 5.75 Å². The lowest BCUT2D eigenvalue weighted by molar-refractivity contribution is -0.137. The van der Waals surface area contributed by atoms with Gasteiger partial charge in [0.05, 0.1) is 5.56 Å². The molecule has 0 spiro atoms. The third-order valence-electron chi connectivity index (χ3n) is 3.54. The first-order valence-electron chi connectivity index (χ1n) is 7.50. The molecule has 1 amide bonds. The number of thiocarbonyl (C=S) groups is 1. The van der Waals surface area contributed by atoms with Gasteiger partial charge in [-0.05, 0) is 43.3 Å². The number of alkyl halides is 3. The molecule has 0 aromatic heterocycles. The summed E-state index contributed by atoms with van der Waals surface area (Å²) in [4.78, 5) is 11.6. The first-order valence-corrected chi connectivity index (χ1v) is 7.91. The Morgan fingerprint density at radius 2 is 1.96 bits per heavy atom. The van der Waals surface area contributed by atoms with Crippen molar-refractivity contribution in [1.29, 1.82) is 0 Å². The molecule has 0 aliphatic heterocycles. The van der Waals surface area contributed by atoms with Crippen LogP contribution in [-0.4, -0.2) is 23.7 Å². The van der Waals surface area contributed by atoms with E-state index in [1.165, 1.54) is 12.1 Å². The fourth-order valence-electron chi connectivity index (χ4n) is 2.37. The number of hydrogen-bond donors (Lipinski definition) is 3. The van der Waals surface area contributed by atoms with E-state index in [4.69, 9.17) is 17.0 Å². The molecule has 1 aliphatic rings. The van der Waals surface area contributed by atoms with Crippen LogP contribution in [0.1, 0.15) is 31.2 Å². The largest absolute Gasteiger partial charge is 0.484 e. The van der Waals surface area contributed by atoms with E-state index in [0.29, 0.717) is 11.2 Å². The second-order valence-electron chi connectivity index (χ2n) is 5.44. The number of rotatable bonds is 4. The maximum absolute atomic E-state index is 12.6. The number of carbonyl (C=O) groups is 1. The Bertz CT molecular complexity index is 590. The van der Waals surface area contributed by atoms with Crippen LogP contribution in [0, 0.1) is 0 Å². The van der Waals surface area contributed by atoms with E-state index in [-0.39, 0.29) is 5.75 Å². The summed E-state index contributed by atoms with van der Waals surface area (Å²) in [6, 6.07) is 4.65. The number of halogens is 3. The first-order chi connectivity index (χ1) is 11.3. The van der Waals surface area contributed by atoms with E-state index in [1.807, 2.05) is 0 Å². The van der Waals surface area contributed by atoms with Crippen molar-refractivity contribution in [3.05, 3.63) is 29.8 Å². The molecule has 0 heterocycles. The molecule has 0 bridgehead atoms. The summed E-state index contributed by atoms with van der Waals surface area (Å²) in [7, 11) is 0. The lowest BCUT2D eigenvalue weighted by atomic mass is 10.2. The average molecular weight is 361 g/mol. The quantitative estimate of drug-likeness (QED) is 0.568. The van der Waals surface area contributed by atoms with Gasteiger partial charge in [0, 0.05) is 6.04 Å². The van der Waals surface area contributed by atoms with E-state index >= 15 is 0 Å². The molecule has 0 radical (unpaired) electrons. The number of benzene rings is 1. The fourth-order valence-corrected chi connectivity index (χ4v) is 2.58. The number of hydrazine groups is 1. The van der Waals surface area contributed by atoms with Crippen LogP contribution in [0.5, 0.6) is 5.75 Å². The van der Waals surface area contributed by atoms with Gasteiger partial charge in [-0.25, -0.2) is 0 Å². The molecule has 0 saturated heterocycles. The lowest BCUT2D eigenvalue weighted by Gasteiger charge is -2.16. The molecule has 1 aliphatic carbocycles. The summed E-state index contributed by atoms with van der Waals surface area (Å²) in [5, 5.41) is 3.37. The molecule has 3 N–H and O–H groups in total. The summed E-state index contributed by atoms with van der Waals surface area (Å²) in [6.45, 7) is -0.430. The molecule has 1 aromatic rings. The second kappa shape index (κ2) is 8.18. The number of amides is 1. The van der Waals surface area contributed by atoms with Gasteiger partial charge >= 0.3 is 6.18 Å². The van der Waals surface area contributed by atoms with Crippen LogP contribution >= 0.6 is 12.2 Å². The summed E-state index contributed by atoms with van der Waals surface area (Å²) in [5.41, 5.74) is 4.04. The van der Waals surface area contributed by atoms with Gasteiger partial charge < -0.3 is 10.1 Å². The molecule has 1 fully saturated rings. The zero-order valence-electron chi connectivity index (χ0n) is 12.8. The average Bonchev–Trinajstić information content (AvgIpc) is 3.03. The number of nitrogens with one attached hydrogen (secondary N) is 3. The predicted molar refractivity (Wildman–Crippen MR) is 86.2 cm³/mol. The van der Waals surface area contributed by atoms with Crippen LogP contribution in [0.15, 0.2) is 24.3 Å². The van der Waals surface area contributed by atoms with Crippen molar-refractivity contribution in [2.45, 2.75) is 37.9 Å². The molecule has 0 unspecified atom stereocenters. The third-order valence-corrected chi connectivity index (χ3v) is 3.76. The molecule has 9 heteroatoms. The summed E-state index contributed by atoms with van der Waals surface area (Å²) >= 11 is 5.04. The highest BCUT2D eigenvalue weighted by Gasteiger charge is 2.30. The Morgan fingerprint density at radius 1 is 1.25 bits per heavy atom. The van der Waals surface area contributed by atoms with Gasteiger partial charge in [-0.15, -0.1) is 0 Å². The van der Waals surface area contributed by atoms with Crippen LogP contribution < -0.4 is 20.9 Å². The second-order valence-corrected chi connectivity index (χ2v) is 5.85. The highest BCUT2D eigenvalue weighted by molar-refractivity contribution is 7.80. The maximum atomic E-state index is 12.6. The zero-order valence-corrected chi connectivity index (χ0v) is 13.6. The van der Waals surface area contributed by atoms with Crippen LogP contribution in [0.4, 0.5) is 13.2 Å². The van der Waals surface area contributed by atoms with Gasteiger partial charge in [0.1, 0.15) is 5.75 Å². The van der Waals surface area contributed by atoms with Gasteiger partial charge in [-0.2, -0.15) is 13.2 Å². The molecule has 24 heavy (non-hydrogen) atoms. The van der Waals surface area contributed by atoms with Gasteiger partial charge in [-0.3, -0.25) is 15.6 Å². The summed E-state index contributed by atoms with van der Waals surface area (Å²) < 4.78 is 42.8. The van der Waals surface area contributed by atoms with Crippen LogP contribution in [0.25, 0.3) is 0 Å². The molecular weight excluding hydrogens is 343 g/mol. The van der Waals surface area contributed by atoms with Crippen molar-refractivity contribution < 1.29 is 22.7 Å². The maximum Gasteiger partial charge on any atom is 0.416 e. The van der Waals surface area contributed by atoms with Gasteiger partial charge in [0.2, 0.25) is 0 Å². The summed E-state index contributed by atoms with van der Waals surface area (Å²) in [6.07, 6.45) is -0.0843. The highest BCUT2D eigenvalue weighted by atomic mass is 32.1. The van der Waals surface area contributed by atoms with Crippen molar-refractivity contribution in [3.63, 3.8) is 0 Å². The van der Waals surface area contributed by atoms with E-state index in [0.717, 1.165) is 37.8 Å². The van der Waals surface area contributed by atoms with Crippen molar-refractivity contribution in [2.24, 2.45) is 0 Å². The molecule has 5 nitrogen and oxygen atoms in total. The van der Waals surface area contributed by atoms with E-state index < -0.39 is 24.3 Å². The molecule has 2 rings (SSSR count). The Hall–Kier alpha value is -2.03. The molecular formula is C15H18F3N3O2S. The van der Waals surface area contributed by atoms with E-state index in [1.54, 1.807) is 0 Å². The van der Waals surface area contributed by atoms with Gasteiger partial charge in [-0.1, -0.05) is 18.9 Å². The van der Waals surface area contributed by atoms with Gasteiger partial charge in [0.15, 0.2) is 11.7 Å². The minimum atomic E-state index is -4.46. The Kier molecular flexibility index (Phi) is 6.24. The topological polar surface area (TPSA) is 62.4 Å². The van der Waals surface area contributed by atoms with Crippen molar-refractivity contribution >= 4 is 23.2 Å². The molecule has 1 saturated carbocycles. The van der Waals surface area contributed by atoms with Crippen LogP contribution in [-0.2, 0) is 11.0 Å². The minimum absolute atomic E-state index is 0.0355. The number of ether oxygens (including phenoxy) is 1. The van der Waals surface area contributed by atoms with Crippen molar-refractivity contribution in [1.82, 2.24) is 16.2 Å². The third kappa shape index (κ3) is 5.88. The Balaban J connectivity index is 1.72. The fraction of sp³-hybridized carbons (Fsp3) is 0.467. The summed E-state index contributed by atoms with van der Waals surface area (Å²) in [5.74, 6) is -0.588. The van der Waals surface area contributed by atoms with Gasteiger partial charge in [0.25, 0.3) is 5.91 Å². The molecule has 0 atom stereocenters. The minimum Gasteiger partial charge on any atom is -0.484 e. The Labute approximate surface area is 142 Å². The van der Waals surface area contributed by atoms with E-state index in [2.05, 4.69) is 16.2 Å².